The predicted molar refractivity (Wildman–Crippen MR) is 133 cm³/mol. The number of nitriles is 1. The lowest BCUT2D eigenvalue weighted by Crippen LogP contribution is -2.59. The van der Waals surface area contributed by atoms with Gasteiger partial charge in [-0.3, -0.25) is 14.4 Å². The minimum absolute atomic E-state index is 0.00196. The number of aryl methyl sites for hydroxylation is 1. The summed E-state index contributed by atoms with van der Waals surface area (Å²) in [6.45, 7) is 7.25. The van der Waals surface area contributed by atoms with Gasteiger partial charge in [0.25, 0.3) is 12.0 Å². The van der Waals surface area contributed by atoms with Crippen LogP contribution in [0.5, 0.6) is 0 Å². The third-order valence-corrected chi connectivity index (χ3v) is 7.39. The van der Waals surface area contributed by atoms with Crippen LogP contribution in [0.3, 0.4) is 0 Å². The highest BCUT2D eigenvalue weighted by Gasteiger charge is 2.37. The molecule has 7 nitrogen and oxygen atoms in total. The van der Waals surface area contributed by atoms with Crippen LogP contribution in [0.25, 0.3) is 11.0 Å². The molecule has 2 aromatic heterocycles. The molecule has 1 aliphatic rings. The highest BCUT2D eigenvalue weighted by molar-refractivity contribution is 5.88. The van der Waals surface area contributed by atoms with Crippen LogP contribution in [-0.2, 0) is 13.6 Å². The van der Waals surface area contributed by atoms with Gasteiger partial charge >= 0.3 is 0 Å². The van der Waals surface area contributed by atoms with Crippen LogP contribution in [0.15, 0.2) is 35.3 Å². The molecule has 3 atom stereocenters. The number of piperazine rings is 1. The molecule has 192 valence electrons. The summed E-state index contributed by atoms with van der Waals surface area (Å²) in [5, 5.41) is 13.7. The molecular weight excluding hydrogens is 469 g/mol. The Morgan fingerprint density at radius 1 is 1.14 bits per heavy atom. The van der Waals surface area contributed by atoms with Crippen LogP contribution in [-0.4, -0.2) is 44.4 Å². The number of fused-ring (bicyclic) bond motifs is 1. The molecule has 1 fully saturated rings. The van der Waals surface area contributed by atoms with Gasteiger partial charge in [-0.25, -0.2) is 13.2 Å². The molecule has 3 aromatic rings. The van der Waals surface area contributed by atoms with E-state index >= 15 is 0 Å². The number of halogens is 3. The third kappa shape index (κ3) is 4.60. The zero-order valence-electron chi connectivity index (χ0n) is 21.0. The van der Waals surface area contributed by atoms with Gasteiger partial charge in [-0.1, -0.05) is 19.9 Å². The molecule has 1 aromatic carbocycles. The zero-order valence-corrected chi connectivity index (χ0v) is 21.0. The Kier molecular flexibility index (Phi) is 7.41. The van der Waals surface area contributed by atoms with E-state index in [9.17, 15) is 18.0 Å². The fourth-order valence-corrected chi connectivity index (χ4v) is 5.36. The van der Waals surface area contributed by atoms with Crippen LogP contribution >= 0.6 is 0 Å². The van der Waals surface area contributed by atoms with Crippen LogP contribution < -0.4 is 10.5 Å². The second kappa shape index (κ2) is 10.3. The summed E-state index contributed by atoms with van der Waals surface area (Å²) in [6.07, 6.45) is 0.471. The summed E-state index contributed by atoms with van der Waals surface area (Å²) in [5.41, 5.74) is 2.02. The Balaban J connectivity index is 1.74. The van der Waals surface area contributed by atoms with Gasteiger partial charge < -0.3 is 9.47 Å². The lowest BCUT2D eigenvalue weighted by atomic mass is 9.94. The maximum absolute atomic E-state index is 13.8. The summed E-state index contributed by atoms with van der Waals surface area (Å²) in [5.74, 6) is -0.671. The number of pyridine rings is 1. The molecular formula is C26H31F3N6O. The summed E-state index contributed by atoms with van der Waals surface area (Å²) >= 11 is 0. The molecule has 0 saturated carbocycles. The summed E-state index contributed by atoms with van der Waals surface area (Å²) < 4.78 is 44.3. The monoisotopic (exact) mass is 500 g/mol. The van der Waals surface area contributed by atoms with Gasteiger partial charge in [0.15, 0.2) is 0 Å². The van der Waals surface area contributed by atoms with Gasteiger partial charge in [-0.2, -0.15) is 10.4 Å². The first kappa shape index (κ1) is 25.8. The standard InChI is InChI=1S/C26H31F3N6O/c1-5-18-14-35(22-12-24(36)32(4)23-15-33(10-9-30)31-25(22)23)19(6-2)13-34(18)16(3)20-8-7-17(27)11-21(20)26(28)29/h7-8,11-12,15-16,18-19,26H,5-6,10,13-14H2,1-4H3/t16-,18+,19-/m0/s1. The maximum Gasteiger partial charge on any atom is 0.264 e. The Morgan fingerprint density at radius 3 is 2.50 bits per heavy atom. The molecule has 0 spiro atoms. The van der Waals surface area contributed by atoms with Gasteiger partial charge in [-0.15, -0.1) is 0 Å². The van der Waals surface area contributed by atoms with E-state index in [-0.39, 0.29) is 35.8 Å². The molecule has 0 aliphatic carbocycles. The van der Waals surface area contributed by atoms with Gasteiger partial charge in [0.1, 0.15) is 17.9 Å². The van der Waals surface area contributed by atoms with Crippen molar-refractivity contribution in [1.82, 2.24) is 19.2 Å². The normalized spacial score (nSPS) is 19.7. The Labute approximate surface area is 208 Å². The smallest absolute Gasteiger partial charge is 0.264 e. The molecule has 1 aliphatic heterocycles. The van der Waals surface area contributed by atoms with Crippen molar-refractivity contribution in [3.63, 3.8) is 0 Å². The van der Waals surface area contributed by atoms with Crippen molar-refractivity contribution in [2.45, 2.75) is 64.7 Å². The van der Waals surface area contributed by atoms with Gasteiger partial charge in [0, 0.05) is 49.9 Å². The van der Waals surface area contributed by atoms with E-state index in [1.165, 1.54) is 21.4 Å². The van der Waals surface area contributed by atoms with Gasteiger partial charge in [-0.05, 0) is 37.5 Å². The first-order valence-corrected chi connectivity index (χ1v) is 12.2. The first-order valence-electron chi connectivity index (χ1n) is 12.2. The minimum atomic E-state index is -2.76. The molecule has 1 saturated heterocycles. The number of hydrogen-bond acceptors (Lipinski definition) is 5. The number of alkyl halides is 2. The van der Waals surface area contributed by atoms with Gasteiger partial charge in [0.05, 0.1) is 23.5 Å². The largest absolute Gasteiger partial charge is 0.364 e. The second-order valence-corrected chi connectivity index (χ2v) is 9.37. The molecule has 0 N–H and O–H groups in total. The van der Waals surface area contributed by atoms with E-state index in [4.69, 9.17) is 5.26 Å². The highest BCUT2D eigenvalue weighted by Crippen LogP contribution is 2.37. The number of nitrogens with zero attached hydrogens (tertiary/aromatic N) is 6. The molecule has 10 heteroatoms. The predicted octanol–water partition coefficient (Wildman–Crippen LogP) is 4.78. The molecule has 0 amide bonds. The molecule has 36 heavy (non-hydrogen) atoms. The quantitative estimate of drug-likeness (QED) is 0.467. The van der Waals surface area contributed by atoms with E-state index in [2.05, 4.69) is 34.8 Å². The minimum Gasteiger partial charge on any atom is -0.364 e. The number of aromatic nitrogens is 3. The van der Waals surface area contributed by atoms with E-state index in [0.717, 1.165) is 24.6 Å². The van der Waals surface area contributed by atoms with Crippen LogP contribution in [0.2, 0.25) is 0 Å². The summed E-state index contributed by atoms with van der Waals surface area (Å²) in [7, 11) is 1.68. The molecule has 4 rings (SSSR count). The third-order valence-electron chi connectivity index (χ3n) is 7.39. The van der Waals surface area contributed by atoms with Gasteiger partial charge in [0.2, 0.25) is 0 Å². The average Bonchev–Trinajstić information content (AvgIpc) is 3.29. The Morgan fingerprint density at radius 2 is 1.86 bits per heavy atom. The molecule has 0 radical (unpaired) electrons. The first-order chi connectivity index (χ1) is 17.2. The Hall–Kier alpha value is -3.32. The number of benzene rings is 1. The Bertz CT molecular complexity index is 1340. The lowest BCUT2D eigenvalue weighted by Gasteiger charge is -2.49. The average molecular weight is 501 g/mol. The van der Waals surface area contributed by atoms with Crippen LogP contribution in [0.1, 0.15) is 57.2 Å². The fraction of sp³-hybridized carbons (Fsp3) is 0.500. The second-order valence-electron chi connectivity index (χ2n) is 9.37. The van der Waals surface area contributed by atoms with Crippen LogP contribution in [0.4, 0.5) is 18.9 Å². The lowest BCUT2D eigenvalue weighted by molar-refractivity contribution is 0.0958. The van der Waals surface area contributed by atoms with E-state index in [1.807, 2.05) is 6.92 Å². The zero-order chi connectivity index (χ0) is 26.1. The van der Waals surface area contributed by atoms with E-state index in [0.29, 0.717) is 29.7 Å². The van der Waals surface area contributed by atoms with E-state index < -0.39 is 12.2 Å². The van der Waals surface area contributed by atoms with Crippen molar-refractivity contribution in [3.05, 3.63) is 57.8 Å². The van der Waals surface area contributed by atoms with Crippen molar-refractivity contribution in [3.8, 4) is 6.07 Å². The molecule has 0 unspecified atom stereocenters. The van der Waals surface area contributed by atoms with Crippen molar-refractivity contribution in [2.24, 2.45) is 7.05 Å². The van der Waals surface area contributed by atoms with E-state index in [1.54, 1.807) is 19.3 Å². The number of anilines is 1. The van der Waals surface area contributed by atoms with Crippen LogP contribution in [0, 0.1) is 17.1 Å². The SMILES string of the molecule is CC[C@H]1CN([C@@H](C)c2ccc(F)cc2C(F)F)[C@H](CC)CN1c1cc(=O)n(C)c2cn(CC#N)nc12. The topological polar surface area (TPSA) is 70.1 Å². The van der Waals surface area contributed by atoms with Crippen molar-refractivity contribution >= 4 is 16.7 Å². The summed E-state index contributed by atoms with van der Waals surface area (Å²) in [6, 6.07) is 6.98. The van der Waals surface area contributed by atoms with Crippen molar-refractivity contribution < 1.29 is 13.2 Å². The van der Waals surface area contributed by atoms with Crippen molar-refractivity contribution in [2.75, 3.05) is 18.0 Å². The number of hydrogen-bond donors (Lipinski definition) is 0. The molecule has 3 heterocycles. The van der Waals surface area contributed by atoms with Crippen molar-refractivity contribution in [1.29, 1.82) is 5.26 Å². The fourth-order valence-electron chi connectivity index (χ4n) is 5.36. The highest BCUT2D eigenvalue weighted by atomic mass is 19.3. The number of rotatable bonds is 7. The summed E-state index contributed by atoms with van der Waals surface area (Å²) in [4.78, 5) is 17.2. The molecule has 0 bridgehead atoms. The maximum atomic E-state index is 13.8.